The number of anilines is 1. The molecule has 0 saturated heterocycles. The molecule has 0 radical (unpaired) electrons. The number of hydrogen-bond acceptors (Lipinski definition) is 3. The summed E-state index contributed by atoms with van der Waals surface area (Å²) >= 11 is 3.36. The van der Waals surface area contributed by atoms with E-state index in [1.807, 2.05) is 25.1 Å². The molecule has 1 aromatic rings. The molecule has 0 spiro atoms. The number of likely N-dealkylation sites (N-methyl/N-ethyl adjacent to an activating group) is 1. The van der Waals surface area contributed by atoms with Crippen LogP contribution in [-0.4, -0.2) is 37.9 Å². The summed E-state index contributed by atoms with van der Waals surface area (Å²) in [7, 11) is 1.72. The van der Waals surface area contributed by atoms with E-state index in [0.717, 1.165) is 15.7 Å². The van der Waals surface area contributed by atoms with Crippen LogP contribution in [0.1, 0.15) is 12.5 Å². The van der Waals surface area contributed by atoms with Crippen LogP contribution in [-0.2, 0) is 14.4 Å². The molecule has 4 N–H and O–H groups in total. The number of nitrogens with one attached hydrogen (secondary N) is 4. The molecule has 8 heteroatoms. The van der Waals surface area contributed by atoms with Crippen LogP contribution in [0.25, 0.3) is 0 Å². The number of halogens is 1. The van der Waals surface area contributed by atoms with Crippen molar-refractivity contribution in [2.24, 2.45) is 0 Å². The summed E-state index contributed by atoms with van der Waals surface area (Å²) in [6, 6.07) is 5.57. The summed E-state index contributed by atoms with van der Waals surface area (Å²) in [5.41, 5.74) is 6.14. The molecule has 0 bridgehead atoms. The number of benzene rings is 1. The predicted molar refractivity (Wildman–Crippen MR) is 86.1 cm³/mol. The molecule has 7 nitrogen and oxygen atoms in total. The van der Waals surface area contributed by atoms with Gasteiger partial charge in [-0.15, -0.1) is 0 Å². The van der Waals surface area contributed by atoms with E-state index in [1.54, 1.807) is 7.05 Å². The molecule has 0 aliphatic heterocycles. The van der Waals surface area contributed by atoms with Gasteiger partial charge in [0.15, 0.2) is 13.1 Å². The Morgan fingerprint density at radius 1 is 1.14 bits per heavy atom. The van der Waals surface area contributed by atoms with E-state index < -0.39 is 0 Å². The third-order valence-corrected chi connectivity index (χ3v) is 3.26. The minimum Gasteiger partial charge on any atom is -0.322 e. The first kappa shape index (κ1) is 18.1. The molecular weight excluding hydrogens is 352 g/mol. The number of hydrazine groups is 1. The van der Waals surface area contributed by atoms with Crippen molar-refractivity contribution in [3.05, 3.63) is 28.2 Å². The molecule has 1 atom stereocenters. The summed E-state index contributed by atoms with van der Waals surface area (Å²) < 4.78 is 0.945. The van der Waals surface area contributed by atoms with Crippen molar-refractivity contribution in [1.82, 2.24) is 10.9 Å². The van der Waals surface area contributed by atoms with Crippen LogP contribution in [0.3, 0.4) is 0 Å². The fourth-order valence-electron chi connectivity index (χ4n) is 1.77. The SMILES string of the molecule is CC(=O)NNC(=O)C[NH+](C)CC(=O)Nc1ccc(Br)cc1C. The highest BCUT2D eigenvalue weighted by atomic mass is 79.9. The average molecular weight is 372 g/mol. The van der Waals surface area contributed by atoms with Crippen LogP contribution in [0, 0.1) is 6.92 Å². The zero-order chi connectivity index (χ0) is 16.7. The highest BCUT2D eigenvalue weighted by molar-refractivity contribution is 9.10. The Morgan fingerprint density at radius 2 is 1.77 bits per heavy atom. The van der Waals surface area contributed by atoms with Gasteiger partial charge in [-0.1, -0.05) is 15.9 Å². The first-order valence-electron chi connectivity index (χ1n) is 6.70. The standard InChI is InChI=1S/C14H19BrN4O3/c1-9-6-11(15)4-5-12(9)16-13(21)7-19(3)8-14(22)18-17-10(2)20/h4-6H,7-8H2,1-3H3,(H,16,21)(H,17,20)(H,18,22)/p+1. The summed E-state index contributed by atoms with van der Waals surface area (Å²) in [5.74, 6) is -0.898. The number of hydrogen-bond donors (Lipinski definition) is 4. The van der Waals surface area contributed by atoms with Gasteiger partial charge in [0.05, 0.1) is 7.05 Å². The lowest BCUT2D eigenvalue weighted by Gasteiger charge is -2.14. The van der Waals surface area contributed by atoms with E-state index in [2.05, 4.69) is 32.1 Å². The Bertz CT molecular complexity index is 577. The lowest BCUT2D eigenvalue weighted by molar-refractivity contribution is -0.862. The van der Waals surface area contributed by atoms with Crippen molar-refractivity contribution in [1.29, 1.82) is 0 Å². The third kappa shape index (κ3) is 6.68. The molecule has 1 aromatic carbocycles. The summed E-state index contributed by atoms with van der Waals surface area (Å²) in [6.07, 6.45) is 0. The predicted octanol–water partition coefficient (Wildman–Crippen LogP) is -0.622. The number of carbonyl (C=O) groups excluding carboxylic acids is 3. The summed E-state index contributed by atoms with van der Waals surface area (Å²) in [5, 5.41) is 2.81. The Morgan fingerprint density at radius 3 is 2.36 bits per heavy atom. The summed E-state index contributed by atoms with van der Waals surface area (Å²) in [6.45, 7) is 3.42. The molecule has 1 rings (SSSR count). The quantitative estimate of drug-likeness (QED) is 0.519. The Balaban J connectivity index is 2.44. The second-order valence-corrected chi connectivity index (χ2v) is 5.96. The van der Waals surface area contributed by atoms with Gasteiger partial charge < -0.3 is 10.2 Å². The maximum absolute atomic E-state index is 12.0. The Hall–Kier alpha value is -1.93. The lowest BCUT2D eigenvalue weighted by atomic mass is 10.2. The molecule has 0 aromatic heterocycles. The Kier molecular flexibility index (Phi) is 7.00. The molecule has 0 fully saturated rings. The monoisotopic (exact) mass is 371 g/mol. The third-order valence-electron chi connectivity index (χ3n) is 2.77. The highest BCUT2D eigenvalue weighted by Crippen LogP contribution is 2.19. The molecule has 120 valence electrons. The van der Waals surface area contributed by atoms with Gasteiger partial charge in [-0.05, 0) is 30.7 Å². The maximum Gasteiger partial charge on any atom is 0.293 e. The van der Waals surface area contributed by atoms with Crippen LogP contribution < -0.4 is 21.1 Å². The van der Waals surface area contributed by atoms with E-state index in [9.17, 15) is 14.4 Å². The van der Waals surface area contributed by atoms with Crippen LogP contribution in [0.5, 0.6) is 0 Å². The van der Waals surface area contributed by atoms with Crippen molar-refractivity contribution in [3.63, 3.8) is 0 Å². The number of amides is 3. The van der Waals surface area contributed by atoms with Gasteiger partial charge in [-0.2, -0.15) is 0 Å². The molecular formula is C14H20BrN4O3+. The second kappa shape index (κ2) is 8.50. The van der Waals surface area contributed by atoms with Crippen LogP contribution >= 0.6 is 15.9 Å². The van der Waals surface area contributed by atoms with E-state index in [0.29, 0.717) is 4.90 Å². The zero-order valence-corrected chi connectivity index (χ0v) is 14.3. The number of rotatable bonds is 5. The van der Waals surface area contributed by atoms with E-state index in [-0.39, 0.29) is 30.8 Å². The van der Waals surface area contributed by atoms with Gasteiger partial charge >= 0.3 is 0 Å². The van der Waals surface area contributed by atoms with Crippen LogP contribution in [0.15, 0.2) is 22.7 Å². The summed E-state index contributed by atoms with van der Waals surface area (Å²) in [4.78, 5) is 34.8. The molecule has 0 aliphatic carbocycles. The van der Waals surface area contributed by atoms with E-state index >= 15 is 0 Å². The number of aryl methyl sites for hydroxylation is 1. The van der Waals surface area contributed by atoms with Gasteiger partial charge in [0.1, 0.15) is 0 Å². The molecule has 0 saturated carbocycles. The molecule has 0 heterocycles. The first-order chi connectivity index (χ1) is 10.3. The van der Waals surface area contributed by atoms with Crippen molar-refractivity contribution >= 4 is 39.3 Å². The van der Waals surface area contributed by atoms with Crippen LogP contribution in [0.2, 0.25) is 0 Å². The minimum absolute atomic E-state index is 0.0764. The van der Waals surface area contributed by atoms with Gasteiger partial charge in [0, 0.05) is 17.1 Å². The second-order valence-electron chi connectivity index (χ2n) is 5.05. The fourth-order valence-corrected chi connectivity index (χ4v) is 2.25. The topological polar surface area (TPSA) is 91.7 Å². The van der Waals surface area contributed by atoms with Gasteiger partial charge in [0.2, 0.25) is 5.91 Å². The number of quaternary nitrogens is 1. The fraction of sp³-hybridized carbons (Fsp3) is 0.357. The molecule has 22 heavy (non-hydrogen) atoms. The highest BCUT2D eigenvalue weighted by Gasteiger charge is 2.15. The van der Waals surface area contributed by atoms with E-state index in [1.165, 1.54) is 6.92 Å². The lowest BCUT2D eigenvalue weighted by Crippen LogP contribution is -3.11. The molecule has 0 aliphatic rings. The van der Waals surface area contributed by atoms with E-state index in [4.69, 9.17) is 0 Å². The molecule has 3 amide bonds. The van der Waals surface area contributed by atoms with Crippen molar-refractivity contribution in [2.75, 3.05) is 25.5 Å². The first-order valence-corrected chi connectivity index (χ1v) is 7.50. The molecule has 1 unspecified atom stereocenters. The average Bonchev–Trinajstić information content (AvgIpc) is 2.39. The van der Waals surface area contributed by atoms with Crippen LogP contribution in [0.4, 0.5) is 5.69 Å². The number of carbonyl (C=O) groups is 3. The van der Waals surface area contributed by atoms with Gasteiger partial charge in [-0.25, -0.2) is 0 Å². The smallest absolute Gasteiger partial charge is 0.293 e. The maximum atomic E-state index is 12.0. The Labute approximate surface area is 137 Å². The minimum atomic E-state index is -0.361. The normalized spacial score (nSPS) is 11.5. The van der Waals surface area contributed by atoms with Gasteiger partial charge in [-0.3, -0.25) is 25.2 Å². The largest absolute Gasteiger partial charge is 0.322 e. The van der Waals surface area contributed by atoms with Crippen molar-refractivity contribution in [3.8, 4) is 0 Å². The van der Waals surface area contributed by atoms with Crippen molar-refractivity contribution < 1.29 is 19.3 Å². The zero-order valence-electron chi connectivity index (χ0n) is 12.7. The van der Waals surface area contributed by atoms with Crippen molar-refractivity contribution in [2.45, 2.75) is 13.8 Å². The van der Waals surface area contributed by atoms with Gasteiger partial charge in [0.25, 0.3) is 11.8 Å².